The number of rotatable bonds is 3. The third-order valence-electron chi connectivity index (χ3n) is 8.76. The van der Waals surface area contributed by atoms with Crippen LogP contribution in [0.5, 0.6) is 11.5 Å². The summed E-state index contributed by atoms with van der Waals surface area (Å²) in [5, 5.41) is 4.98. The zero-order chi connectivity index (χ0) is 30.4. The van der Waals surface area contributed by atoms with Crippen molar-refractivity contribution >= 4 is 54.8 Å². The monoisotopic (exact) mass is 776 g/mol. The van der Waals surface area contributed by atoms with Crippen LogP contribution in [-0.4, -0.2) is 23.8 Å². The number of benzene rings is 4. The number of ether oxygens (including phenoxy) is 1. The summed E-state index contributed by atoms with van der Waals surface area (Å²) < 4.78 is 10.8. The van der Waals surface area contributed by atoms with Gasteiger partial charge in [-0.2, -0.15) is 0 Å². The molecule has 9 aromatic rings. The van der Waals surface area contributed by atoms with Crippen molar-refractivity contribution < 1.29 is 25.8 Å². The number of pyridine rings is 3. The fourth-order valence-electron chi connectivity index (χ4n) is 7.05. The summed E-state index contributed by atoms with van der Waals surface area (Å²) in [5.41, 5.74) is 11.5. The number of fused-ring (bicyclic) bond motifs is 12. The quantitative estimate of drug-likeness (QED) is 0.133. The number of hydrogen-bond acceptors (Lipinski definition) is 4. The van der Waals surface area contributed by atoms with Gasteiger partial charge < -0.3 is 13.5 Å². The van der Waals surface area contributed by atoms with Crippen molar-refractivity contribution in [2.75, 3.05) is 0 Å². The first kappa shape index (κ1) is 28.4. The molecule has 0 unspecified atom stereocenters. The van der Waals surface area contributed by atoms with E-state index >= 15 is 0 Å². The molecule has 4 aromatic carbocycles. The largest absolute Gasteiger partial charge is 2.00 e. The Kier molecular flexibility index (Phi) is 6.49. The fraction of sp³-hybridized carbons (Fsp3) is 0.103. The number of nitrogens with zero attached hydrogens (tertiary/aromatic N) is 5. The number of para-hydroxylation sites is 1. The Morgan fingerprint density at radius 2 is 1.39 bits per heavy atom. The van der Waals surface area contributed by atoms with Gasteiger partial charge in [-0.3, -0.25) is 15.0 Å². The summed E-state index contributed by atoms with van der Waals surface area (Å²) in [7, 11) is 0. The summed E-state index contributed by atoms with van der Waals surface area (Å²) >= 11 is 0. The standard InChI is InChI=1S/C39H27N5O.Pt/c1-22-16-23(2)36(24(3)17-22)35-20-41-38-32-19-27(12-14-30(32)37-34(44(35)38)10-7-15-40-37)45-26-11-13-28-29-8-5-6-9-33(29)43-21-25(4)42-39(43)31(28)18-26;/h5-17,20-21H,1-4H3;/q-2;+2. The van der Waals surface area contributed by atoms with E-state index in [0.717, 1.165) is 66.2 Å². The molecule has 5 heterocycles. The minimum absolute atomic E-state index is 0. The molecule has 7 heteroatoms. The summed E-state index contributed by atoms with van der Waals surface area (Å²) in [4.78, 5) is 14.6. The molecule has 0 spiro atoms. The molecule has 224 valence electrons. The zero-order valence-electron chi connectivity index (χ0n) is 25.6. The Morgan fingerprint density at radius 1 is 0.696 bits per heavy atom. The number of aromatic nitrogens is 5. The summed E-state index contributed by atoms with van der Waals surface area (Å²) in [5.74, 6) is 1.18. The predicted molar refractivity (Wildman–Crippen MR) is 180 cm³/mol. The Hall–Kier alpha value is -5.06. The molecule has 0 fully saturated rings. The average molecular weight is 777 g/mol. The molecular weight excluding hydrogens is 750 g/mol. The first-order chi connectivity index (χ1) is 21.9. The smallest absolute Gasteiger partial charge is 0.497 e. The maximum Gasteiger partial charge on any atom is 2.00 e. The van der Waals surface area contributed by atoms with Crippen molar-refractivity contribution in [3.8, 4) is 22.8 Å². The van der Waals surface area contributed by atoms with Crippen LogP contribution in [0.2, 0.25) is 0 Å². The molecule has 0 radical (unpaired) electrons. The molecule has 0 amide bonds. The molecule has 0 atom stereocenters. The molecule has 6 nitrogen and oxygen atoms in total. The first-order valence-electron chi connectivity index (χ1n) is 15.0. The number of aryl methyl sites for hydroxylation is 4. The van der Waals surface area contributed by atoms with E-state index in [1.165, 1.54) is 22.3 Å². The maximum absolute atomic E-state index is 6.46. The molecular formula is C39H27N5OPt. The van der Waals surface area contributed by atoms with Gasteiger partial charge in [-0.1, -0.05) is 81.7 Å². The van der Waals surface area contributed by atoms with Crippen molar-refractivity contribution in [2.24, 2.45) is 0 Å². The van der Waals surface area contributed by atoms with Crippen molar-refractivity contribution in [1.29, 1.82) is 0 Å². The van der Waals surface area contributed by atoms with Gasteiger partial charge in [0.1, 0.15) is 0 Å². The summed E-state index contributed by atoms with van der Waals surface area (Å²) in [6.45, 7) is 8.47. The minimum atomic E-state index is 0. The predicted octanol–water partition coefficient (Wildman–Crippen LogP) is 9.28. The summed E-state index contributed by atoms with van der Waals surface area (Å²) in [6.07, 6.45) is 5.87. The molecule has 0 saturated carbocycles. The zero-order valence-corrected chi connectivity index (χ0v) is 27.9. The molecule has 0 N–H and O–H groups in total. The molecule has 0 aliphatic heterocycles. The van der Waals surface area contributed by atoms with Gasteiger partial charge in [0, 0.05) is 46.9 Å². The normalized spacial score (nSPS) is 11.7. The van der Waals surface area contributed by atoms with Crippen LogP contribution in [0.15, 0.2) is 91.4 Å². The van der Waals surface area contributed by atoms with Crippen LogP contribution in [0.4, 0.5) is 0 Å². The third-order valence-corrected chi connectivity index (χ3v) is 8.76. The van der Waals surface area contributed by atoms with Gasteiger partial charge in [0.2, 0.25) is 0 Å². The van der Waals surface area contributed by atoms with Gasteiger partial charge in [0.05, 0.1) is 28.0 Å². The van der Waals surface area contributed by atoms with E-state index in [0.29, 0.717) is 11.5 Å². The summed E-state index contributed by atoms with van der Waals surface area (Å²) in [6, 6.07) is 32.0. The van der Waals surface area contributed by atoms with E-state index in [1.54, 1.807) is 0 Å². The van der Waals surface area contributed by atoms with Gasteiger partial charge in [-0.05, 0) is 62.4 Å². The van der Waals surface area contributed by atoms with Crippen LogP contribution in [0.1, 0.15) is 22.4 Å². The molecule has 5 aromatic heterocycles. The van der Waals surface area contributed by atoms with Crippen LogP contribution < -0.4 is 4.74 Å². The van der Waals surface area contributed by atoms with E-state index in [1.807, 2.05) is 37.5 Å². The molecule has 0 bridgehead atoms. The van der Waals surface area contributed by atoms with E-state index in [2.05, 4.69) is 102 Å². The van der Waals surface area contributed by atoms with E-state index in [9.17, 15) is 0 Å². The third kappa shape index (κ3) is 4.17. The van der Waals surface area contributed by atoms with Crippen molar-refractivity contribution in [1.82, 2.24) is 23.8 Å². The Morgan fingerprint density at radius 3 is 2.17 bits per heavy atom. The van der Waals surface area contributed by atoms with Crippen LogP contribution in [0.25, 0.3) is 66.0 Å². The number of hydrogen-bond donors (Lipinski definition) is 0. The van der Waals surface area contributed by atoms with Crippen LogP contribution >= 0.6 is 0 Å². The van der Waals surface area contributed by atoms with Gasteiger partial charge in [0.25, 0.3) is 0 Å². The number of imidazole rings is 2. The van der Waals surface area contributed by atoms with Gasteiger partial charge in [0.15, 0.2) is 0 Å². The van der Waals surface area contributed by atoms with Crippen molar-refractivity contribution in [2.45, 2.75) is 27.7 Å². The second kappa shape index (κ2) is 10.5. The second-order valence-corrected chi connectivity index (χ2v) is 11.9. The maximum atomic E-state index is 6.46. The van der Waals surface area contributed by atoms with Crippen LogP contribution in [-0.2, 0) is 21.1 Å². The molecule has 0 saturated heterocycles. The Bertz CT molecular complexity index is 2660. The van der Waals surface area contributed by atoms with Crippen LogP contribution in [0.3, 0.4) is 0 Å². The Balaban J connectivity index is 0.00000312. The van der Waals surface area contributed by atoms with E-state index < -0.39 is 0 Å². The first-order valence-corrected chi connectivity index (χ1v) is 15.0. The van der Waals surface area contributed by atoms with Gasteiger partial charge >= 0.3 is 21.1 Å². The average Bonchev–Trinajstić information content (AvgIpc) is 3.65. The van der Waals surface area contributed by atoms with E-state index in [4.69, 9.17) is 19.7 Å². The van der Waals surface area contributed by atoms with E-state index in [-0.39, 0.29) is 21.1 Å². The SMILES string of the molecule is Cc1cc(C)c(-c2cnc3c4[c-]c(Oc5[c-]c6c(cc5)c5ccccc5n5cc(C)nc65)ccc4c4ncccc4n23)c(C)c1.[Pt+2]. The molecule has 0 aliphatic carbocycles. The molecule has 46 heavy (non-hydrogen) atoms. The van der Waals surface area contributed by atoms with Crippen molar-refractivity contribution in [3.63, 3.8) is 0 Å². The fourth-order valence-corrected chi connectivity index (χ4v) is 7.05. The Labute approximate surface area is 279 Å². The topological polar surface area (TPSA) is 56.7 Å². The van der Waals surface area contributed by atoms with Crippen molar-refractivity contribution in [3.05, 3.63) is 126 Å². The van der Waals surface area contributed by atoms with Gasteiger partial charge in [-0.15, -0.1) is 12.1 Å². The van der Waals surface area contributed by atoms with Gasteiger partial charge in [-0.25, -0.2) is 0 Å². The minimum Gasteiger partial charge on any atom is -0.497 e. The molecule has 9 rings (SSSR count). The second-order valence-electron chi connectivity index (χ2n) is 11.9. The van der Waals surface area contributed by atoms with Crippen LogP contribution in [0, 0.1) is 39.8 Å². The molecule has 0 aliphatic rings.